The Morgan fingerprint density at radius 1 is 1.43 bits per heavy atom. The van der Waals surface area contributed by atoms with E-state index in [1.54, 1.807) is 19.2 Å². The van der Waals surface area contributed by atoms with E-state index in [1.165, 1.54) is 12.7 Å². The number of piperidine rings is 1. The third-order valence-electron chi connectivity index (χ3n) is 4.06. The van der Waals surface area contributed by atoms with Crippen molar-refractivity contribution in [1.29, 1.82) is 0 Å². The highest BCUT2D eigenvalue weighted by Gasteiger charge is 2.25. The fourth-order valence-electron chi connectivity index (χ4n) is 2.77. The summed E-state index contributed by atoms with van der Waals surface area (Å²) in [6, 6.07) is 3.64. The number of ether oxygens (including phenoxy) is 1. The molecule has 0 unspecified atom stereocenters. The molecule has 3 heterocycles. The second-order valence-corrected chi connectivity index (χ2v) is 5.59. The zero-order chi connectivity index (χ0) is 16.1. The van der Waals surface area contributed by atoms with Crippen LogP contribution in [-0.4, -0.2) is 55.2 Å². The van der Waals surface area contributed by atoms with Gasteiger partial charge in [0.15, 0.2) is 17.8 Å². The molecule has 124 valence electrons. The lowest BCUT2D eigenvalue weighted by Gasteiger charge is -2.31. The Balaban J connectivity index is 1.56. The summed E-state index contributed by atoms with van der Waals surface area (Å²) in [5.74, 6) is 0.646. The first-order chi connectivity index (χ1) is 11.3. The average molecular weight is 319 g/mol. The first-order valence-electron chi connectivity index (χ1n) is 7.77. The number of oxazole rings is 1. The van der Waals surface area contributed by atoms with Gasteiger partial charge in [-0.15, -0.1) is 0 Å². The van der Waals surface area contributed by atoms with E-state index >= 15 is 0 Å². The molecule has 1 saturated heterocycles. The molecular formula is C16H21N3O4. The maximum atomic E-state index is 12.4. The monoisotopic (exact) mass is 319 g/mol. The highest BCUT2D eigenvalue weighted by molar-refractivity contribution is 5.97. The molecule has 0 radical (unpaired) electrons. The number of methoxy groups -OCH3 is 1. The van der Waals surface area contributed by atoms with Crippen molar-refractivity contribution < 1.29 is 18.4 Å². The van der Waals surface area contributed by atoms with Crippen LogP contribution in [-0.2, 0) is 4.74 Å². The van der Waals surface area contributed by atoms with Gasteiger partial charge >= 0.3 is 0 Å². The number of furan rings is 1. The normalized spacial score (nSPS) is 16.6. The summed E-state index contributed by atoms with van der Waals surface area (Å²) in [5.41, 5.74) is 0.266. The zero-order valence-corrected chi connectivity index (χ0v) is 13.2. The predicted octanol–water partition coefficient (Wildman–Crippen LogP) is 1.78. The Bertz CT molecular complexity index is 615. The van der Waals surface area contributed by atoms with E-state index < -0.39 is 0 Å². The predicted molar refractivity (Wildman–Crippen MR) is 83.0 cm³/mol. The van der Waals surface area contributed by atoms with Crippen LogP contribution in [0.4, 0.5) is 0 Å². The number of nitrogens with one attached hydrogen (secondary N) is 1. The molecule has 1 amide bonds. The van der Waals surface area contributed by atoms with Crippen molar-refractivity contribution >= 4 is 5.91 Å². The van der Waals surface area contributed by atoms with Crippen molar-refractivity contribution in [3.8, 4) is 11.5 Å². The van der Waals surface area contributed by atoms with E-state index in [0.29, 0.717) is 11.5 Å². The van der Waals surface area contributed by atoms with Crippen LogP contribution in [0.2, 0.25) is 0 Å². The quantitative estimate of drug-likeness (QED) is 0.874. The number of nitrogens with zero attached hydrogens (tertiary/aromatic N) is 2. The molecule has 0 aliphatic carbocycles. The number of aromatic nitrogens is 1. The maximum Gasteiger partial charge on any atom is 0.274 e. The van der Waals surface area contributed by atoms with E-state index in [2.05, 4.69) is 15.2 Å². The van der Waals surface area contributed by atoms with Gasteiger partial charge in [-0.3, -0.25) is 4.79 Å². The van der Waals surface area contributed by atoms with Crippen LogP contribution >= 0.6 is 0 Å². The average Bonchev–Trinajstić information content (AvgIpc) is 3.24. The first-order valence-corrected chi connectivity index (χ1v) is 7.77. The van der Waals surface area contributed by atoms with Crippen molar-refractivity contribution in [1.82, 2.24) is 15.2 Å². The Labute approximate surface area is 134 Å². The van der Waals surface area contributed by atoms with Gasteiger partial charge < -0.3 is 23.8 Å². The molecule has 0 atom stereocenters. The third-order valence-corrected chi connectivity index (χ3v) is 4.06. The highest BCUT2D eigenvalue weighted by Crippen LogP contribution is 2.23. The van der Waals surface area contributed by atoms with Gasteiger partial charge in [0.25, 0.3) is 5.91 Å². The van der Waals surface area contributed by atoms with Crippen molar-refractivity contribution in [2.45, 2.75) is 18.9 Å². The van der Waals surface area contributed by atoms with Gasteiger partial charge in [0.2, 0.25) is 5.76 Å². The minimum atomic E-state index is -0.222. The SMILES string of the molecule is COCCN1CCC(NC(=O)c2ncoc2-c2ccco2)CC1. The van der Waals surface area contributed by atoms with Crippen LogP contribution in [0.5, 0.6) is 0 Å². The lowest BCUT2D eigenvalue weighted by atomic mass is 10.0. The number of carbonyl (C=O) groups excluding carboxylic acids is 1. The molecule has 1 aliphatic rings. The summed E-state index contributed by atoms with van der Waals surface area (Å²) in [6.07, 6.45) is 4.64. The van der Waals surface area contributed by atoms with Gasteiger partial charge in [0, 0.05) is 32.8 Å². The van der Waals surface area contributed by atoms with Gasteiger partial charge in [-0.25, -0.2) is 4.98 Å². The molecular weight excluding hydrogens is 298 g/mol. The summed E-state index contributed by atoms with van der Waals surface area (Å²) < 4.78 is 15.7. The number of amides is 1. The number of carbonyl (C=O) groups is 1. The Morgan fingerprint density at radius 3 is 2.96 bits per heavy atom. The van der Waals surface area contributed by atoms with Gasteiger partial charge in [-0.1, -0.05) is 0 Å². The summed E-state index contributed by atoms with van der Waals surface area (Å²) in [6.45, 7) is 3.59. The van der Waals surface area contributed by atoms with Gasteiger partial charge in [-0.05, 0) is 25.0 Å². The zero-order valence-electron chi connectivity index (χ0n) is 13.2. The fourth-order valence-corrected chi connectivity index (χ4v) is 2.77. The van der Waals surface area contributed by atoms with Gasteiger partial charge in [-0.2, -0.15) is 0 Å². The number of likely N-dealkylation sites (tertiary alicyclic amines) is 1. The van der Waals surface area contributed by atoms with Crippen molar-refractivity contribution in [3.63, 3.8) is 0 Å². The number of hydrogen-bond donors (Lipinski definition) is 1. The Kier molecular flexibility index (Phi) is 5.09. The van der Waals surface area contributed by atoms with Crippen LogP contribution in [0, 0.1) is 0 Å². The Morgan fingerprint density at radius 2 is 2.26 bits per heavy atom. The molecule has 7 nitrogen and oxygen atoms in total. The molecule has 1 fully saturated rings. The minimum Gasteiger partial charge on any atom is -0.461 e. The molecule has 0 bridgehead atoms. The van der Waals surface area contributed by atoms with E-state index in [4.69, 9.17) is 13.6 Å². The number of hydrogen-bond acceptors (Lipinski definition) is 6. The molecule has 0 saturated carbocycles. The first kappa shape index (κ1) is 15.8. The summed E-state index contributed by atoms with van der Waals surface area (Å²) >= 11 is 0. The smallest absolute Gasteiger partial charge is 0.274 e. The highest BCUT2D eigenvalue weighted by atomic mass is 16.5. The number of rotatable bonds is 6. The standard InChI is InChI=1S/C16H21N3O4/c1-21-10-8-19-6-4-12(5-7-19)18-16(20)14-15(23-11-17-14)13-3-2-9-22-13/h2-3,9,11-12H,4-8,10H2,1H3,(H,18,20). The molecule has 3 rings (SSSR count). The summed E-state index contributed by atoms with van der Waals surface area (Å²) in [5, 5.41) is 3.04. The van der Waals surface area contributed by atoms with E-state index in [9.17, 15) is 4.79 Å². The largest absolute Gasteiger partial charge is 0.461 e. The Hall–Kier alpha value is -2.12. The van der Waals surface area contributed by atoms with Crippen LogP contribution in [0.3, 0.4) is 0 Å². The molecule has 1 aliphatic heterocycles. The van der Waals surface area contributed by atoms with E-state index in [0.717, 1.165) is 39.1 Å². The maximum absolute atomic E-state index is 12.4. The summed E-state index contributed by atoms with van der Waals surface area (Å²) in [4.78, 5) is 18.8. The second-order valence-electron chi connectivity index (χ2n) is 5.59. The molecule has 23 heavy (non-hydrogen) atoms. The molecule has 0 aromatic carbocycles. The molecule has 0 spiro atoms. The van der Waals surface area contributed by atoms with E-state index in [-0.39, 0.29) is 17.6 Å². The van der Waals surface area contributed by atoms with E-state index in [1.807, 2.05) is 0 Å². The summed E-state index contributed by atoms with van der Waals surface area (Å²) in [7, 11) is 1.71. The second kappa shape index (κ2) is 7.43. The van der Waals surface area contributed by atoms with Crippen LogP contribution in [0.25, 0.3) is 11.5 Å². The van der Waals surface area contributed by atoms with Crippen molar-refractivity contribution in [2.75, 3.05) is 33.4 Å². The molecule has 1 N–H and O–H groups in total. The van der Waals surface area contributed by atoms with Crippen molar-refractivity contribution in [2.24, 2.45) is 0 Å². The molecule has 2 aromatic rings. The topological polar surface area (TPSA) is 80.7 Å². The van der Waals surface area contributed by atoms with Gasteiger partial charge in [0.05, 0.1) is 12.9 Å². The van der Waals surface area contributed by atoms with Crippen LogP contribution in [0.1, 0.15) is 23.3 Å². The van der Waals surface area contributed by atoms with Gasteiger partial charge in [0.1, 0.15) is 0 Å². The van der Waals surface area contributed by atoms with Crippen LogP contribution in [0.15, 0.2) is 33.6 Å². The molecule has 7 heteroatoms. The molecule has 2 aromatic heterocycles. The lowest BCUT2D eigenvalue weighted by molar-refractivity contribution is 0.0888. The minimum absolute atomic E-state index is 0.155. The van der Waals surface area contributed by atoms with Crippen LogP contribution < -0.4 is 5.32 Å². The fraction of sp³-hybridized carbons (Fsp3) is 0.500. The van der Waals surface area contributed by atoms with Crippen molar-refractivity contribution in [3.05, 3.63) is 30.5 Å². The third kappa shape index (κ3) is 3.80. The lowest BCUT2D eigenvalue weighted by Crippen LogP contribution is -2.45.